The van der Waals surface area contributed by atoms with Gasteiger partial charge in [-0.05, 0) is 129 Å². The number of halogens is 1. The van der Waals surface area contributed by atoms with Crippen LogP contribution in [0.3, 0.4) is 0 Å². The molecule has 4 bridgehead atoms. The quantitative estimate of drug-likeness (QED) is 0.299. The third-order valence-electron chi connectivity index (χ3n) is 8.62. The molecule has 8 heteroatoms. The van der Waals surface area contributed by atoms with Crippen molar-refractivity contribution in [3.8, 4) is 5.75 Å². The molecule has 2 amide bonds. The van der Waals surface area contributed by atoms with E-state index in [0.29, 0.717) is 16.5 Å². The number of carbonyl (C=O) groups excluding carboxylic acids is 2. The Balaban J connectivity index is 1.28. The van der Waals surface area contributed by atoms with Gasteiger partial charge in [-0.3, -0.25) is 15.0 Å². The predicted octanol–water partition coefficient (Wildman–Crippen LogP) is 7.06. The van der Waals surface area contributed by atoms with Gasteiger partial charge in [0.2, 0.25) is 0 Å². The molecule has 198 valence electrons. The number of thiocarbonyl (C=S) groups is 1. The summed E-state index contributed by atoms with van der Waals surface area (Å²) in [6.07, 6.45) is 9.84. The number of carbonyl (C=O) groups is 2. The minimum Gasteiger partial charge on any atom is -0.493 e. The van der Waals surface area contributed by atoms with Crippen molar-refractivity contribution in [1.82, 2.24) is 10.4 Å². The van der Waals surface area contributed by atoms with Gasteiger partial charge in [0.05, 0.1) is 22.1 Å². The van der Waals surface area contributed by atoms with Gasteiger partial charge in [-0.1, -0.05) is 35.5 Å². The highest BCUT2D eigenvalue weighted by atomic mass is 35.5. The normalized spacial score (nSPS) is 28.9. The van der Waals surface area contributed by atoms with Crippen molar-refractivity contribution in [2.45, 2.75) is 57.8 Å². The Kier molecular flexibility index (Phi) is 6.81. The molecule has 0 atom stereocenters. The average molecular weight is 567 g/mol. The van der Waals surface area contributed by atoms with E-state index in [9.17, 15) is 9.59 Å². The summed E-state index contributed by atoms with van der Waals surface area (Å²) in [7, 11) is 0. The van der Waals surface area contributed by atoms with E-state index in [1.165, 1.54) is 55.9 Å². The first-order valence-electron chi connectivity index (χ1n) is 13.4. The molecule has 1 heterocycles. The number of nitrogens with one attached hydrogen (secondary N) is 1. The van der Waals surface area contributed by atoms with Crippen LogP contribution in [0.25, 0.3) is 6.08 Å². The van der Waals surface area contributed by atoms with Crippen molar-refractivity contribution in [2.24, 2.45) is 17.8 Å². The van der Waals surface area contributed by atoms with Crippen LogP contribution in [0.1, 0.15) is 72.5 Å². The Labute approximate surface area is 238 Å². The molecule has 5 nitrogen and oxygen atoms in total. The number of thioether (sulfide) groups is 1. The minimum atomic E-state index is -0.480. The molecule has 4 saturated carbocycles. The highest BCUT2D eigenvalue weighted by Crippen LogP contribution is 2.61. The molecule has 38 heavy (non-hydrogen) atoms. The molecule has 2 aromatic carbocycles. The SMILES string of the molecule is CCOc1ccc(C23CC4CC(CC(C4)C2)C3)cc1/C=C1/SC(=S)N(NC(=O)c2ccc(C)cc2Cl)C1=O. The maximum absolute atomic E-state index is 13.4. The fraction of sp³-hybridized carbons (Fsp3) is 0.433. The van der Waals surface area contributed by atoms with E-state index in [1.54, 1.807) is 18.2 Å². The van der Waals surface area contributed by atoms with E-state index in [1.807, 2.05) is 19.9 Å². The molecule has 1 aliphatic heterocycles. The van der Waals surface area contributed by atoms with E-state index in [-0.39, 0.29) is 21.2 Å². The number of ether oxygens (including phenoxy) is 1. The van der Waals surface area contributed by atoms with E-state index in [2.05, 4.69) is 23.6 Å². The van der Waals surface area contributed by atoms with Crippen LogP contribution in [0.15, 0.2) is 41.3 Å². The number of benzene rings is 2. The highest BCUT2D eigenvalue weighted by Gasteiger charge is 2.51. The number of aryl methyl sites for hydroxylation is 1. The maximum atomic E-state index is 13.4. The van der Waals surface area contributed by atoms with Crippen LogP contribution >= 0.6 is 35.6 Å². The molecule has 5 fully saturated rings. The van der Waals surface area contributed by atoms with Crippen molar-refractivity contribution >= 4 is 57.8 Å². The van der Waals surface area contributed by atoms with Gasteiger partial charge < -0.3 is 4.74 Å². The Hall–Kier alpha value is -2.35. The monoisotopic (exact) mass is 566 g/mol. The van der Waals surface area contributed by atoms with E-state index >= 15 is 0 Å². The molecule has 7 rings (SSSR count). The molecule has 5 aliphatic rings. The number of rotatable bonds is 6. The third-order valence-corrected chi connectivity index (χ3v) is 10.2. The molecule has 1 N–H and O–H groups in total. The lowest BCUT2D eigenvalue weighted by molar-refractivity contribution is -0.123. The standard InChI is InChI=1S/C30H31ClN2O3S2/c1-3-36-25-7-5-22(30-14-18-9-19(15-30)11-20(10-18)16-30)12-21(25)13-26-28(35)33(29(37)38-26)32-27(34)23-6-4-17(2)8-24(23)31/h4-8,12-13,18-20H,3,9-11,14-16H2,1-2H3,(H,32,34)/b26-13+. The van der Waals surface area contributed by atoms with Crippen molar-refractivity contribution < 1.29 is 14.3 Å². The average Bonchev–Trinajstić information content (AvgIpc) is 3.11. The van der Waals surface area contributed by atoms with Crippen LogP contribution in [-0.2, 0) is 10.2 Å². The summed E-state index contributed by atoms with van der Waals surface area (Å²) in [5, 5.41) is 1.46. The summed E-state index contributed by atoms with van der Waals surface area (Å²) in [6.45, 7) is 4.39. The molecule has 0 spiro atoms. The van der Waals surface area contributed by atoms with Gasteiger partial charge in [0.15, 0.2) is 4.32 Å². The first-order chi connectivity index (χ1) is 18.2. The first-order valence-corrected chi connectivity index (χ1v) is 15.0. The molecule has 2 aromatic rings. The number of hydrogen-bond donors (Lipinski definition) is 1. The van der Waals surface area contributed by atoms with Gasteiger partial charge in [0.25, 0.3) is 11.8 Å². The number of amides is 2. The lowest BCUT2D eigenvalue weighted by Crippen LogP contribution is -2.48. The van der Waals surface area contributed by atoms with Crippen LogP contribution in [-0.4, -0.2) is 27.8 Å². The summed E-state index contributed by atoms with van der Waals surface area (Å²) in [4.78, 5) is 26.7. The van der Waals surface area contributed by atoms with E-state index < -0.39 is 5.91 Å². The Morgan fingerprint density at radius 3 is 2.47 bits per heavy atom. The van der Waals surface area contributed by atoms with Crippen LogP contribution < -0.4 is 10.2 Å². The Morgan fingerprint density at radius 2 is 1.84 bits per heavy atom. The summed E-state index contributed by atoms with van der Waals surface area (Å²) in [5.41, 5.74) is 6.36. The zero-order chi connectivity index (χ0) is 26.6. The fourth-order valence-corrected chi connectivity index (χ4v) is 8.90. The highest BCUT2D eigenvalue weighted by molar-refractivity contribution is 8.26. The topological polar surface area (TPSA) is 58.6 Å². The fourth-order valence-electron chi connectivity index (χ4n) is 7.41. The predicted molar refractivity (Wildman–Crippen MR) is 156 cm³/mol. The van der Waals surface area contributed by atoms with E-state index in [0.717, 1.165) is 39.6 Å². The van der Waals surface area contributed by atoms with Gasteiger partial charge in [-0.25, -0.2) is 0 Å². The molecule has 0 unspecified atom stereocenters. The summed E-state index contributed by atoms with van der Waals surface area (Å²) >= 11 is 12.9. The summed E-state index contributed by atoms with van der Waals surface area (Å²) in [5.74, 6) is 2.45. The lowest BCUT2D eigenvalue weighted by atomic mass is 9.48. The van der Waals surface area contributed by atoms with Crippen molar-refractivity contribution in [3.05, 3.63) is 68.6 Å². The van der Waals surface area contributed by atoms with Gasteiger partial charge in [0, 0.05) is 5.56 Å². The molecule has 1 saturated heterocycles. The molecule has 4 aliphatic carbocycles. The van der Waals surface area contributed by atoms with Crippen molar-refractivity contribution in [1.29, 1.82) is 0 Å². The number of hydrogen-bond acceptors (Lipinski definition) is 5. The van der Waals surface area contributed by atoms with Crippen LogP contribution in [0.2, 0.25) is 5.02 Å². The maximum Gasteiger partial charge on any atom is 0.285 e. The van der Waals surface area contributed by atoms with Crippen LogP contribution in [0.4, 0.5) is 0 Å². The first kappa shape index (κ1) is 25.9. The van der Waals surface area contributed by atoms with Crippen LogP contribution in [0.5, 0.6) is 5.75 Å². The zero-order valence-corrected chi connectivity index (χ0v) is 24.0. The molecule has 0 radical (unpaired) electrons. The zero-order valence-electron chi connectivity index (χ0n) is 21.6. The van der Waals surface area contributed by atoms with Gasteiger partial charge >= 0.3 is 0 Å². The summed E-state index contributed by atoms with van der Waals surface area (Å²) < 4.78 is 6.23. The second-order valence-electron chi connectivity index (χ2n) is 11.3. The second-order valence-corrected chi connectivity index (χ2v) is 13.4. The van der Waals surface area contributed by atoms with E-state index in [4.69, 9.17) is 28.6 Å². The molecule has 0 aromatic heterocycles. The summed E-state index contributed by atoms with van der Waals surface area (Å²) in [6, 6.07) is 11.7. The smallest absolute Gasteiger partial charge is 0.285 e. The Bertz CT molecular complexity index is 1340. The molecular weight excluding hydrogens is 536 g/mol. The Morgan fingerprint density at radius 1 is 1.16 bits per heavy atom. The van der Waals surface area contributed by atoms with Crippen LogP contribution in [0, 0.1) is 24.7 Å². The van der Waals surface area contributed by atoms with Gasteiger partial charge in [-0.15, -0.1) is 0 Å². The third kappa shape index (κ3) is 4.67. The van der Waals surface area contributed by atoms with Gasteiger partial charge in [-0.2, -0.15) is 5.01 Å². The largest absolute Gasteiger partial charge is 0.493 e. The molecular formula is C30H31ClN2O3S2. The lowest BCUT2D eigenvalue weighted by Gasteiger charge is -2.57. The van der Waals surface area contributed by atoms with Crippen molar-refractivity contribution in [3.63, 3.8) is 0 Å². The number of nitrogens with zero attached hydrogens (tertiary/aromatic N) is 1. The minimum absolute atomic E-state index is 0.238. The van der Waals surface area contributed by atoms with Gasteiger partial charge in [0.1, 0.15) is 5.75 Å². The second kappa shape index (κ2) is 10.00. The van der Waals surface area contributed by atoms with Crippen molar-refractivity contribution in [2.75, 3.05) is 6.61 Å². The number of hydrazine groups is 1.